The molecule has 0 fully saturated rings. The molecule has 90 valence electrons. The second-order valence-corrected chi connectivity index (χ2v) is 2.53. The largest absolute Gasteiger partial charge is 0.573 e. The highest BCUT2D eigenvalue weighted by Gasteiger charge is 2.34. The zero-order valence-corrected chi connectivity index (χ0v) is 7.36. The highest BCUT2D eigenvalue weighted by Crippen LogP contribution is 2.39. The molecule has 1 aromatic carbocycles. The lowest BCUT2D eigenvalue weighted by Gasteiger charge is -2.15. The number of hydrogen-bond donors (Lipinski definition) is 1. The number of para-hydroxylation sites is 1. The van der Waals surface area contributed by atoms with Crippen molar-refractivity contribution in [2.24, 2.45) is 0 Å². The number of nitrogens with one attached hydrogen (secondary N) is 1. The van der Waals surface area contributed by atoms with Gasteiger partial charge in [0.05, 0.1) is 0 Å². The second kappa shape index (κ2) is 4.37. The van der Waals surface area contributed by atoms with Crippen LogP contribution < -0.4 is 15.6 Å². The minimum absolute atomic E-state index is 0.641. The summed E-state index contributed by atoms with van der Waals surface area (Å²) in [6.45, 7) is 0. The summed E-state index contributed by atoms with van der Waals surface area (Å²) in [5, 5.41) is -1.61. The van der Waals surface area contributed by atoms with Crippen LogP contribution in [0.1, 0.15) is 0 Å². The van der Waals surface area contributed by atoms with E-state index in [1.807, 2.05) is 0 Å². The van der Waals surface area contributed by atoms with E-state index in [0.717, 1.165) is 17.7 Å². The van der Waals surface area contributed by atoms with Gasteiger partial charge in [-0.1, -0.05) is 15.0 Å². The highest BCUT2D eigenvalue weighted by atomic mass is 19.4. The molecule has 0 amide bonds. The quantitative estimate of drug-likeness (QED) is 0.652. The van der Waals surface area contributed by atoms with Crippen molar-refractivity contribution in [2.45, 2.75) is 6.36 Å². The summed E-state index contributed by atoms with van der Waals surface area (Å²) >= 11 is 0. The SMILES string of the molecule is FNc1cccc(N(F)F)c1OC(F)(F)F. The summed E-state index contributed by atoms with van der Waals surface area (Å²) < 4.78 is 75.2. The fourth-order valence-electron chi connectivity index (χ4n) is 0.955. The molecule has 0 atom stereocenters. The van der Waals surface area contributed by atoms with Gasteiger partial charge in [0, 0.05) is 0 Å². The molecular formula is C7H4F6N2O. The van der Waals surface area contributed by atoms with Crippen LogP contribution in [0.5, 0.6) is 5.75 Å². The Morgan fingerprint density at radius 2 is 1.81 bits per heavy atom. The van der Waals surface area contributed by atoms with Crippen molar-refractivity contribution in [3.8, 4) is 5.75 Å². The van der Waals surface area contributed by atoms with Crippen molar-refractivity contribution in [2.75, 3.05) is 10.9 Å². The van der Waals surface area contributed by atoms with Crippen LogP contribution in [0.4, 0.5) is 38.0 Å². The van der Waals surface area contributed by atoms with Gasteiger partial charge in [-0.05, 0) is 17.5 Å². The van der Waals surface area contributed by atoms with Crippen LogP contribution in [0, 0.1) is 0 Å². The van der Waals surface area contributed by atoms with E-state index in [4.69, 9.17) is 0 Å². The first-order valence-corrected chi connectivity index (χ1v) is 3.72. The van der Waals surface area contributed by atoms with Gasteiger partial charge in [-0.15, -0.1) is 17.7 Å². The van der Waals surface area contributed by atoms with Crippen molar-refractivity contribution < 1.29 is 31.4 Å². The van der Waals surface area contributed by atoms with Gasteiger partial charge in [-0.3, -0.25) is 0 Å². The minimum atomic E-state index is -5.20. The molecule has 0 radical (unpaired) electrons. The number of rotatable bonds is 3. The molecule has 0 spiro atoms. The molecule has 0 unspecified atom stereocenters. The summed E-state index contributed by atoms with van der Waals surface area (Å²) in [7, 11) is 0. The monoisotopic (exact) mass is 246 g/mol. The lowest BCUT2D eigenvalue weighted by Crippen LogP contribution is -2.19. The third-order valence-electron chi connectivity index (χ3n) is 1.50. The van der Waals surface area contributed by atoms with Crippen molar-refractivity contribution in [3.05, 3.63) is 18.2 Å². The van der Waals surface area contributed by atoms with Gasteiger partial charge in [0.15, 0.2) is 5.75 Å². The first-order valence-electron chi connectivity index (χ1n) is 3.72. The van der Waals surface area contributed by atoms with E-state index in [1.54, 1.807) is 0 Å². The van der Waals surface area contributed by atoms with E-state index in [-0.39, 0.29) is 0 Å². The Bertz CT molecular complexity index is 366. The molecule has 0 aliphatic carbocycles. The molecule has 1 aromatic rings. The summed E-state index contributed by atoms with van der Waals surface area (Å²) in [6.07, 6.45) is -5.20. The van der Waals surface area contributed by atoms with Crippen LogP contribution in [0.2, 0.25) is 0 Å². The van der Waals surface area contributed by atoms with E-state index >= 15 is 0 Å². The summed E-state index contributed by atoms with van der Waals surface area (Å²) in [6, 6.07) is 2.39. The van der Waals surface area contributed by atoms with Crippen molar-refractivity contribution in [1.82, 2.24) is 0 Å². The van der Waals surface area contributed by atoms with Crippen LogP contribution in [0.25, 0.3) is 0 Å². The maximum atomic E-state index is 12.2. The average molecular weight is 246 g/mol. The molecule has 9 heteroatoms. The van der Waals surface area contributed by atoms with Crippen LogP contribution >= 0.6 is 0 Å². The Hall–Kier alpha value is -1.80. The predicted octanol–water partition coefficient (Wildman–Crippen LogP) is 3.46. The summed E-state index contributed by atoms with van der Waals surface area (Å²) in [5.74, 6) is -1.34. The lowest BCUT2D eigenvalue weighted by atomic mass is 10.2. The molecule has 0 saturated heterocycles. The number of alkyl halides is 3. The van der Waals surface area contributed by atoms with E-state index in [2.05, 4.69) is 4.74 Å². The van der Waals surface area contributed by atoms with Gasteiger partial charge in [-0.2, -0.15) is 0 Å². The standard InChI is InChI=1S/C7H4F6N2O/c8-7(9,10)16-6-4(14-11)2-1-3-5(6)15(12)13/h1-3,14H. The number of anilines is 2. The Balaban J connectivity index is 3.20. The van der Waals surface area contributed by atoms with Crippen molar-refractivity contribution >= 4 is 11.4 Å². The van der Waals surface area contributed by atoms with Gasteiger partial charge in [0.1, 0.15) is 11.4 Å². The molecule has 3 nitrogen and oxygen atoms in total. The zero-order chi connectivity index (χ0) is 12.3. The molecule has 1 rings (SSSR count). The van der Waals surface area contributed by atoms with Gasteiger partial charge in [0.2, 0.25) is 0 Å². The first kappa shape index (κ1) is 12.3. The highest BCUT2D eigenvalue weighted by molar-refractivity contribution is 5.69. The number of ether oxygens (including phenoxy) is 1. The molecular weight excluding hydrogens is 242 g/mol. The first-order chi connectivity index (χ1) is 7.35. The van der Waals surface area contributed by atoms with Gasteiger partial charge in [0.25, 0.3) is 0 Å². The van der Waals surface area contributed by atoms with Crippen LogP contribution in [-0.2, 0) is 0 Å². The van der Waals surface area contributed by atoms with Crippen LogP contribution in [0.3, 0.4) is 0 Å². The van der Waals surface area contributed by atoms with Crippen LogP contribution in [-0.4, -0.2) is 6.36 Å². The molecule has 0 aliphatic rings. The van der Waals surface area contributed by atoms with Crippen LogP contribution in [0.15, 0.2) is 18.2 Å². The number of hydrogen-bond acceptors (Lipinski definition) is 3. The zero-order valence-electron chi connectivity index (χ0n) is 7.36. The molecule has 16 heavy (non-hydrogen) atoms. The number of benzene rings is 1. The van der Waals surface area contributed by atoms with Gasteiger partial charge in [-0.25, -0.2) is 5.54 Å². The van der Waals surface area contributed by atoms with Crippen molar-refractivity contribution in [1.29, 1.82) is 0 Å². The third kappa shape index (κ3) is 2.84. The maximum absolute atomic E-state index is 12.2. The Labute approximate surface area is 85.0 Å². The van der Waals surface area contributed by atoms with E-state index in [0.29, 0.717) is 6.07 Å². The number of halogens is 6. The molecule has 0 aromatic heterocycles. The predicted molar refractivity (Wildman–Crippen MR) is 42.6 cm³/mol. The summed E-state index contributed by atoms with van der Waals surface area (Å²) in [4.78, 5) is 0. The average Bonchev–Trinajstić information content (AvgIpc) is 2.15. The minimum Gasteiger partial charge on any atom is -0.401 e. The Kier molecular flexibility index (Phi) is 3.35. The molecule has 0 bridgehead atoms. The topological polar surface area (TPSA) is 24.5 Å². The molecule has 1 N–H and O–H groups in total. The maximum Gasteiger partial charge on any atom is 0.573 e. The second-order valence-electron chi connectivity index (χ2n) is 2.53. The smallest absolute Gasteiger partial charge is 0.401 e. The fraction of sp³-hybridized carbons (Fsp3) is 0.143. The van der Waals surface area contributed by atoms with E-state index in [1.165, 1.54) is 0 Å². The van der Waals surface area contributed by atoms with E-state index < -0.39 is 28.8 Å². The molecule has 0 heterocycles. The fourth-order valence-corrected chi connectivity index (χ4v) is 0.955. The molecule has 0 saturated carbocycles. The van der Waals surface area contributed by atoms with Gasteiger partial charge >= 0.3 is 6.36 Å². The molecule has 0 aliphatic heterocycles. The third-order valence-corrected chi connectivity index (χ3v) is 1.50. The summed E-state index contributed by atoms with van der Waals surface area (Å²) in [5.41, 5.74) is -1.23. The van der Waals surface area contributed by atoms with Crippen molar-refractivity contribution in [3.63, 3.8) is 0 Å². The normalized spacial score (nSPS) is 11.1. The van der Waals surface area contributed by atoms with E-state index in [9.17, 15) is 26.6 Å². The lowest BCUT2D eigenvalue weighted by molar-refractivity contribution is -0.274. The van der Waals surface area contributed by atoms with Gasteiger partial charge < -0.3 is 4.74 Å². The number of nitrogens with zero attached hydrogens (tertiary/aromatic N) is 1. The Morgan fingerprint density at radius 1 is 1.19 bits per heavy atom. The Morgan fingerprint density at radius 3 is 2.25 bits per heavy atom.